The highest BCUT2D eigenvalue weighted by Crippen LogP contribution is 2.34. The van der Waals surface area contributed by atoms with Gasteiger partial charge in [0, 0.05) is 24.6 Å². The van der Waals surface area contributed by atoms with Crippen molar-refractivity contribution in [3.8, 4) is 11.6 Å². The minimum absolute atomic E-state index is 0.0809. The topological polar surface area (TPSA) is 89.4 Å². The highest BCUT2D eigenvalue weighted by Gasteiger charge is 2.34. The first-order valence-electron chi connectivity index (χ1n) is 10.4. The van der Waals surface area contributed by atoms with E-state index < -0.39 is 6.10 Å². The number of amides is 2. The van der Waals surface area contributed by atoms with Crippen molar-refractivity contribution in [1.29, 1.82) is 0 Å². The number of carbonyl (C=O) groups is 2. The molecule has 1 unspecified atom stereocenters. The van der Waals surface area contributed by atoms with E-state index in [-0.39, 0.29) is 24.4 Å². The number of carbonyl (C=O) groups excluding carboxylic acids is 2. The number of imidazole rings is 1. The molecule has 1 N–H and O–H groups in total. The Morgan fingerprint density at radius 2 is 2.00 bits per heavy atom. The first-order valence-corrected chi connectivity index (χ1v) is 10.4. The molecule has 0 aliphatic carbocycles. The summed E-state index contributed by atoms with van der Waals surface area (Å²) in [6.07, 6.45) is 7.52. The number of rotatable bonds is 6. The molecule has 4 rings (SSSR count). The number of aromatic nitrogens is 3. The van der Waals surface area contributed by atoms with E-state index in [1.54, 1.807) is 46.4 Å². The number of nitrogens with zero attached hydrogens (tertiary/aromatic N) is 4. The third-order valence-electron chi connectivity index (χ3n) is 5.41. The zero-order valence-electron chi connectivity index (χ0n) is 17.6. The van der Waals surface area contributed by atoms with Crippen LogP contribution in [0, 0.1) is 0 Å². The number of benzene rings is 1. The molecule has 1 atom stereocenters. The molecule has 160 valence electrons. The van der Waals surface area contributed by atoms with Gasteiger partial charge >= 0.3 is 0 Å². The van der Waals surface area contributed by atoms with E-state index in [0.29, 0.717) is 22.8 Å². The molecule has 0 saturated carbocycles. The number of fused-ring (bicyclic) bond motifs is 1. The lowest BCUT2D eigenvalue weighted by Gasteiger charge is -2.34. The van der Waals surface area contributed by atoms with Crippen molar-refractivity contribution in [3.05, 3.63) is 66.9 Å². The van der Waals surface area contributed by atoms with Crippen LogP contribution in [0.15, 0.2) is 61.3 Å². The third-order valence-corrected chi connectivity index (χ3v) is 5.41. The van der Waals surface area contributed by atoms with Crippen molar-refractivity contribution in [3.63, 3.8) is 0 Å². The van der Waals surface area contributed by atoms with Crippen LogP contribution in [0.3, 0.4) is 0 Å². The Kier molecular flexibility index (Phi) is 5.97. The van der Waals surface area contributed by atoms with Gasteiger partial charge in [-0.25, -0.2) is 9.97 Å². The maximum atomic E-state index is 13.3. The van der Waals surface area contributed by atoms with E-state index in [1.807, 2.05) is 32.0 Å². The second kappa shape index (κ2) is 8.99. The summed E-state index contributed by atoms with van der Waals surface area (Å²) in [4.78, 5) is 36.1. The fourth-order valence-electron chi connectivity index (χ4n) is 3.57. The molecule has 0 saturated heterocycles. The average Bonchev–Trinajstić information content (AvgIpc) is 3.36. The lowest BCUT2D eigenvalue weighted by Crippen LogP contribution is -2.52. The summed E-state index contributed by atoms with van der Waals surface area (Å²) in [5, 5.41) is 3.02. The molecule has 2 amide bonds. The highest BCUT2D eigenvalue weighted by atomic mass is 16.5. The monoisotopic (exact) mass is 419 g/mol. The third kappa shape index (κ3) is 4.28. The largest absolute Gasteiger partial charge is 0.477 e. The maximum Gasteiger partial charge on any atom is 0.263 e. The zero-order chi connectivity index (χ0) is 21.8. The molecule has 3 heterocycles. The lowest BCUT2D eigenvalue weighted by molar-refractivity contribution is -0.128. The Balaban J connectivity index is 1.58. The van der Waals surface area contributed by atoms with Gasteiger partial charge in [0.25, 0.3) is 11.8 Å². The molecule has 2 aromatic heterocycles. The van der Waals surface area contributed by atoms with E-state index >= 15 is 0 Å². The summed E-state index contributed by atoms with van der Waals surface area (Å²) in [7, 11) is 0. The molecule has 1 aromatic carbocycles. The SMILES string of the molecule is CCC(CC)NC(=O)C1CN(C(=O)c2ccc(-n3ccnc3)nc2)c2ccccc2O1. The summed E-state index contributed by atoms with van der Waals surface area (Å²) in [6.45, 7) is 4.19. The van der Waals surface area contributed by atoms with E-state index in [2.05, 4.69) is 15.3 Å². The minimum atomic E-state index is -0.780. The van der Waals surface area contributed by atoms with Gasteiger partial charge < -0.3 is 15.0 Å². The molecule has 8 heteroatoms. The quantitative estimate of drug-likeness (QED) is 0.664. The lowest BCUT2D eigenvalue weighted by atomic mass is 10.1. The van der Waals surface area contributed by atoms with Gasteiger partial charge in [0.2, 0.25) is 0 Å². The Morgan fingerprint density at radius 1 is 1.19 bits per heavy atom. The van der Waals surface area contributed by atoms with Crippen LogP contribution in [-0.2, 0) is 4.79 Å². The maximum absolute atomic E-state index is 13.3. The van der Waals surface area contributed by atoms with E-state index in [9.17, 15) is 9.59 Å². The van der Waals surface area contributed by atoms with Crippen LogP contribution in [0.25, 0.3) is 5.82 Å². The Hall–Kier alpha value is -3.68. The van der Waals surface area contributed by atoms with Gasteiger partial charge in [0.05, 0.1) is 17.8 Å². The first-order chi connectivity index (χ1) is 15.1. The molecule has 0 spiro atoms. The van der Waals surface area contributed by atoms with Gasteiger partial charge in [-0.1, -0.05) is 26.0 Å². The van der Waals surface area contributed by atoms with Gasteiger partial charge in [-0.2, -0.15) is 0 Å². The van der Waals surface area contributed by atoms with E-state index in [1.165, 1.54) is 6.20 Å². The molecule has 0 fully saturated rings. The second-order valence-electron chi connectivity index (χ2n) is 7.39. The average molecular weight is 419 g/mol. The van der Waals surface area contributed by atoms with Gasteiger partial charge in [-0.3, -0.25) is 14.2 Å². The molecule has 0 radical (unpaired) electrons. The molecule has 3 aromatic rings. The molecule has 8 nitrogen and oxygen atoms in total. The summed E-state index contributed by atoms with van der Waals surface area (Å²) >= 11 is 0. The van der Waals surface area contributed by atoms with Crippen LogP contribution in [0.4, 0.5) is 5.69 Å². The fourth-order valence-corrected chi connectivity index (χ4v) is 3.57. The number of pyridine rings is 1. The molecule has 1 aliphatic rings. The summed E-state index contributed by atoms with van der Waals surface area (Å²) in [5.74, 6) is 0.726. The van der Waals surface area contributed by atoms with Crippen LogP contribution in [0.2, 0.25) is 0 Å². The van der Waals surface area contributed by atoms with Crippen LogP contribution in [-0.4, -0.2) is 45.0 Å². The molecule has 1 aliphatic heterocycles. The van der Waals surface area contributed by atoms with Crippen LogP contribution in [0.5, 0.6) is 5.75 Å². The van der Waals surface area contributed by atoms with Gasteiger partial charge in [0.1, 0.15) is 17.9 Å². The van der Waals surface area contributed by atoms with Crippen molar-refractivity contribution in [2.24, 2.45) is 0 Å². The zero-order valence-corrected chi connectivity index (χ0v) is 17.6. The normalized spacial score (nSPS) is 15.3. The number of anilines is 1. The number of nitrogens with one attached hydrogen (secondary N) is 1. The fraction of sp³-hybridized carbons (Fsp3) is 0.304. The van der Waals surface area contributed by atoms with Gasteiger partial charge in [-0.15, -0.1) is 0 Å². The van der Waals surface area contributed by atoms with Crippen LogP contribution < -0.4 is 15.0 Å². The van der Waals surface area contributed by atoms with Crippen molar-refractivity contribution >= 4 is 17.5 Å². The Bertz CT molecular complexity index is 1050. The van der Waals surface area contributed by atoms with E-state index in [4.69, 9.17) is 4.74 Å². The predicted molar refractivity (Wildman–Crippen MR) is 116 cm³/mol. The molecular formula is C23H25N5O3. The van der Waals surface area contributed by atoms with Crippen molar-refractivity contribution in [2.75, 3.05) is 11.4 Å². The van der Waals surface area contributed by atoms with E-state index in [0.717, 1.165) is 12.8 Å². The van der Waals surface area contributed by atoms with Crippen LogP contribution >= 0.6 is 0 Å². The predicted octanol–water partition coefficient (Wildman–Crippen LogP) is 2.98. The Labute approximate surface area is 180 Å². The number of para-hydroxylation sites is 2. The van der Waals surface area contributed by atoms with Crippen molar-refractivity contribution in [1.82, 2.24) is 19.9 Å². The summed E-state index contributed by atoms with van der Waals surface area (Å²) < 4.78 is 7.70. The molecule has 31 heavy (non-hydrogen) atoms. The number of hydrogen-bond acceptors (Lipinski definition) is 5. The van der Waals surface area contributed by atoms with Crippen molar-refractivity contribution < 1.29 is 14.3 Å². The summed E-state index contributed by atoms with van der Waals surface area (Å²) in [5.41, 5.74) is 1.07. The molecule has 0 bridgehead atoms. The molecular weight excluding hydrogens is 394 g/mol. The smallest absolute Gasteiger partial charge is 0.263 e. The van der Waals surface area contributed by atoms with Crippen molar-refractivity contribution in [2.45, 2.75) is 38.8 Å². The van der Waals surface area contributed by atoms with Gasteiger partial charge in [0.15, 0.2) is 6.10 Å². The first kappa shape index (κ1) is 20.6. The van der Waals surface area contributed by atoms with Crippen LogP contribution in [0.1, 0.15) is 37.0 Å². The standard InChI is InChI=1S/C23H25N5O3/c1-3-17(4-2)26-22(29)20-14-28(18-7-5-6-8-19(18)31-20)23(30)16-9-10-21(25-13-16)27-12-11-24-15-27/h5-13,15,17,20H,3-4,14H2,1-2H3,(H,26,29). The minimum Gasteiger partial charge on any atom is -0.477 e. The summed E-state index contributed by atoms with van der Waals surface area (Å²) in [6, 6.07) is 10.8. The number of ether oxygens (including phenoxy) is 1. The highest BCUT2D eigenvalue weighted by molar-refractivity contribution is 6.07. The van der Waals surface area contributed by atoms with Gasteiger partial charge in [-0.05, 0) is 37.1 Å². The second-order valence-corrected chi connectivity index (χ2v) is 7.39. The Morgan fingerprint density at radius 3 is 2.68 bits per heavy atom. The number of hydrogen-bond donors (Lipinski definition) is 1.